The summed E-state index contributed by atoms with van der Waals surface area (Å²) in [5.74, 6) is -3.21. The van der Waals surface area contributed by atoms with Crippen LogP contribution in [-0.4, -0.2) is 130 Å². The maximum atomic E-state index is 12.5. The van der Waals surface area contributed by atoms with Gasteiger partial charge in [0.2, 0.25) is 0 Å². The topological polar surface area (TPSA) is 165 Å². The first kappa shape index (κ1) is 27.2. The van der Waals surface area contributed by atoms with Gasteiger partial charge in [-0.15, -0.1) is 0 Å². The van der Waals surface area contributed by atoms with Gasteiger partial charge in [0.1, 0.15) is 13.1 Å². The predicted octanol–water partition coefficient (Wildman–Crippen LogP) is -0.744. The van der Waals surface area contributed by atoms with Crippen LogP contribution in [0.2, 0.25) is 0 Å². The number of nitrogens with two attached hydrogens (primary N) is 1. The number of carbonyl (C=O) groups is 4. The highest BCUT2D eigenvalue weighted by molar-refractivity contribution is 5.73. The van der Waals surface area contributed by atoms with Gasteiger partial charge in [0, 0.05) is 45.8 Å². The Morgan fingerprint density at radius 2 is 1.21 bits per heavy atom. The van der Waals surface area contributed by atoms with Gasteiger partial charge in [-0.2, -0.15) is 0 Å². The number of rotatable bonds is 8. The highest BCUT2D eigenvalue weighted by Crippen LogP contribution is 2.12. The van der Waals surface area contributed by atoms with Gasteiger partial charge < -0.3 is 21.1 Å². The van der Waals surface area contributed by atoms with Crippen LogP contribution in [0.4, 0.5) is 4.79 Å². The Balaban J connectivity index is 2.32. The van der Waals surface area contributed by atoms with Gasteiger partial charge in [-0.1, -0.05) is 30.3 Å². The fourth-order valence-corrected chi connectivity index (χ4v) is 4.09. The molecule has 2 rings (SSSR count). The maximum Gasteiger partial charge on any atom is 0.414 e. The zero-order valence-corrected chi connectivity index (χ0v) is 19.2. The minimum Gasteiger partial charge on any atom is -0.480 e. The van der Waals surface area contributed by atoms with E-state index < -0.39 is 35.0 Å². The third kappa shape index (κ3) is 9.06. The second-order valence-corrected chi connectivity index (χ2v) is 8.58. The van der Waals surface area contributed by atoms with Crippen LogP contribution in [0.3, 0.4) is 0 Å². The molecule has 1 heterocycles. The first-order valence-electron chi connectivity index (χ1n) is 11.1. The number of quaternary nitrogens is 1. The number of hydrogen-bond donors (Lipinski definition) is 4. The van der Waals surface area contributed by atoms with E-state index >= 15 is 0 Å². The zero-order valence-electron chi connectivity index (χ0n) is 19.2. The number of hydrogen-bond acceptors (Lipinski definition) is 7. The van der Waals surface area contributed by atoms with Crippen molar-refractivity contribution in [3.05, 3.63) is 35.9 Å². The average molecular weight is 481 g/mol. The van der Waals surface area contributed by atoms with Gasteiger partial charge in [0.25, 0.3) is 0 Å². The third-order valence-electron chi connectivity index (χ3n) is 6.03. The molecular formula is C22H34N5O7+. The molecule has 1 unspecified atom stereocenters. The Morgan fingerprint density at radius 3 is 1.68 bits per heavy atom. The number of benzene rings is 1. The Bertz CT molecular complexity index is 853. The van der Waals surface area contributed by atoms with Gasteiger partial charge in [0.05, 0.1) is 13.1 Å². The molecule has 0 aromatic heterocycles. The Hall–Kier alpha value is -3.06. The van der Waals surface area contributed by atoms with E-state index in [1.54, 1.807) is 9.80 Å². The molecule has 188 valence electrons. The molecule has 0 radical (unpaired) electrons. The molecule has 12 heteroatoms. The summed E-state index contributed by atoms with van der Waals surface area (Å²) in [4.78, 5) is 52.2. The van der Waals surface area contributed by atoms with E-state index in [-0.39, 0.29) is 39.3 Å². The molecular weight excluding hydrogens is 446 g/mol. The van der Waals surface area contributed by atoms with Crippen molar-refractivity contribution < 1.29 is 39.0 Å². The second-order valence-electron chi connectivity index (χ2n) is 8.58. The standard InChI is InChI=1S/C22H33N5O7/c23-22(34)27(17-21(32)33)12-10-25(14-18-4-2-1-3-5-18)8-6-24(15-19(28)29)7-9-26(11-13-27)16-20(30)31/h1-5H,6-17H2,(H4-,23,28,29,30,31,32,33,34)/p+1. The molecule has 1 aromatic carbocycles. The number of carboxylic acid groups (broad SMARTS) is 3. The van der Waals surface area contributed by atoms with Crippen molar-refractivity contribution in [1.82, 2.24) is 14.7 Å². The van der Waals surface area contributed by atoms with Crippen molar-refractivity contribution in [2.75, 3.05) is 72.0 Å². The molecule has 34 heavy (non-hydrogen) atoms. The third-order valence-corrected chi connectivity index (χ3v) is 6.03. The number of urea groups is 1. The highest BCUT2D eigenvalue weighted by Gasteiger charge is 2.38. The van der Waals surface area contributed by atoms with Crippen molar-refractivity contribution in [3.63, 3.8) is 0 Å². The summed E-state index contributed by atoms with van der Waals surface area (Å²) < 4.78 is -0.504. The molecule has 1 saturated heterocycles. The summed E-state index contributed by atoms with van der Waals surface area (Å²) in [6.45, 7) is 1.65. The normalized spacial score (nSPS) is 21.8. The van der Waals surface area contributed by atoms with Gasteiger partial charge in [-0.05, 0) is 5.56 Å². The summed E-state index contributed by atoms with van der Waals surface area (Å²) in [5.41, 5.74) is 6.73. The lowest BCUT2D eigenvalue weighted by Crippen LogP contribution is -2.63. The Morgan fingerprint density at radius 1 is 0.735 bits per heavy atom. The van der Waals surface area contributed by atoms with Crippen molar-refractivity contribution in [1.29, 1.82) is 0 Å². The van der Waals surface area contributed by atoms with E-state index in [4.69, 9.17) is 5.73 Å². The summed E-state index contributed by atoms with van der Waals surface area (Å²) in [6, 6.07) is 8.87. The molecule has 0 bridgehead atoms. The average Bonchev–Trinajstić information content (AvgIpc) is 2.75. The molecule has 12 nitrogen and oxygen atoms in total. The maximum absolute atomic E-state index is 12.5. The second kappa shape index (κ2) is 13.0. The van der Waals surface area contributed by atoms with Crippen molar-refractivity contribution in [2.24, 2.45) is 5.73 Å². The van der Waals surface area contributed by atoms with E-state index in [2.05, 4.69) is 4.90 Å². The quantitative estimate of drug-likeness (QED) is 0.348. The van der Waals surface area contributed by atoms with Crippen LogP contribution in [-0.2, 0) is 20.9 Å². The molecule has 1 aliphatic heterocycles. The van der Waals surface area contributed by atoms with Crippen LogP contribution < -0.4 is 5.73 Å². The number of primary amides is 1. The summed E-state index contributed by atoms with van der Waals surface area (Å²) in [5, 5.41) is 28.1. The predicted molar refractivity (Wildman–Crippen MR) is 122 cm³/mol. The monoisotopic (exact) mass is 480 g/mol. The molecule has 0 spiro atoms. The van der Waals surface area contributed by atoms with Crippen molar-refractivity contribution in [2.45, 2.75) is 6.54 Å². The number of aliphatic carboxylic acids is 3. The van der Waals surface area contributed by atoms with Crippen LogP contribution in [0.25, 0.3) is 0 Å². The van der Waals surface area contributed by atoms with Gasteiger partial charge >= 0.3 is 23.9 Å². The number of carboxylic acids is 3. The smallest absolute Gasteiger partial charge is 0.414 e. The van der Waals surface area contributed by atoms with E-state index in [1.807, 2.05) is 30.3 Å². The summed E-state index contributed by atoms with van der Waals surface area (Å²) in [7, 11) is 0. The fourth-order valence-electron chi connectivity index (χ4n) is 4.09. The Kier molecular flexibility index (Phi) is 10.4. The fraction of sp³-hybridized carbons (Fsp3) is 0.545. The first-order chi connectivity index (χ1) is 16.1. The highest BCUT2D eigenvalue weighted by atomic mass is 16.4. The lowest BCUT2D eigenvalue weighted by atomic mass is 10.2. The lowest BCUT2D eigenvalue weighted by Gasteiger charge is -2.37. The van der Waals surface area contributed by atoms with Crippen LogP contribution in [0.15, 0.2) is 30.3 Å². The van der Waals surface area contributed by atoms with E-state index in [0.29, 0.717) is 32.7 Å². The van der Waals surface area contributed by atoms with Crippen LogP contribution in [0, 0.1) is 0 Å². The molecule has 0 aliphatic carbocycles. The lowest BCUT2D eigenvalue weighted by molar-refractivity contribution is -0.841. The molecule has 1 fully saturated rings. The van der Waals surface area contributed by atoms with Crippen LogP contribution in [0.5, 0.6) is 0 Å². The van der Waals surface area contributed by atoms with Gasteiger partial charge in [-0.25, -0.2) is 14.1 Å². The van der Waals surface area contributed by atoms with Gasteiger partial charge in [-0.3, -0.25) is 24.3 Å². The summed E-state index contributed by atoms with van der Waals surface area (Å²) >= 11 is 0. The molecule has 1 aromatic rings. The Labute approximate surface area is 198 Å². The largest absolute Gasteiger partial charge is 0.480 e. The van der Waals surface area contributed by atoms with Gasteiger partial charge in [0.15, 0.2) is 6.54 Å². The first-order valence-corrected chi connectivity index (χ1v) is 11.1. The van der Waals surface area contributed by atoms with Crippen molar-refractivity contribution in [3.8, 4) is 0 Å². The number of carbonyl (C=O) groups excluding carboxylic acids is 1. The molecule has 1 aliphatic rings. The molecule has 0 saturated carbocycles. The minimum atomic E-state index is -1.17. The van der Waals surface area contributed by atoms with E-state index in [1.165, 1.54) is 0 Å². The van der Waals surface area contributed by atoms with Crippen LogP contribution >= 0.6 is 0 Å². The zero-order chi connectivity index (χ0) is 25.1. The molecule has 2 amide bonds. The molecule has 5 N–H and O–H groups in total. The molecule has 1 atom stereocenters. The minimum absolute atomic E-state index is 0.0347. The summed E-state index contributed by atoms with van der Waals surface area (Å²) in [6.07, 6.45) is 0. The SMILES string of the molecule is NC(=O)[N+]1(CC(=O)O)CCN(CC(=O)O)CCN(CC(=O)O)CCN(Cc2ccccc2)CC1. The van der Waals surface area contributed by atoms with E-state index in [0.717, 1.165) is 5.56 Å². The van der Waals surface area contributed by atoms with Crippen molar-refractivity contribution >= 4 is 23.9 Å². The van der Waals surface area contributed by atoms with E-state index in [9.17, 15) is 34.5 Å². The number of nitrogens with zero attached hydrogens (tertiary/aromatic N) is 4. The van der Waals surface area contributed by atoms with Crippen LogP contribution in [0.1, 0.15) is 5.56 Å². The number of amides is 2.